The molecule has 0 aromatic heterocycles. The lowest BCUT2D eigenvalue weighted by molar-refractivity contribution is -0.137. The number of carbonyl (C=O) groups is 1. The van der Waals surface area contributed by atoms with E-state index in [1.807, 2.05) is 6.92 Å². The average molecular weight is 216 g/mol. The van der Waals surface area contributed by atoms with E-state index in [2.05, 4.69) is 24.1 Å². The second kappa shape index (κ2) is 8.68. The van der Waals surface area contributed by atoms with E-state index >= 15 is 0 Å². The molecule has 15 heavy (non-hydrogen) atoms. The zero-order chi connectivity index (χ0) is 11.7. The highest BCUT2D eigenvalue weighted by atomic mass is 16.4. The van der Waals surface area contributed by atoms with E-state index in [0.717, 1.165) is 32.6 Å². The van der Waals surface area contributed by atoms with Crippen molar-refractivity contribution >= 4 is 5.97 Å². The molecule has 0 saturated carbocycles. The minimum atomic E-state index is -0.737. The van der Waals surface area contributed by atoms with Crippen LogP contribution in [-0.4, -0.2) is 48.2 Å². The van der Waals surface area contributed by atoms with Gasteiger partial charge in [0.05, 0.1) is 6.42 Å². The summed E-state index contributed by atoms with van der Waals surface area (Å²) in [5.74, 6) is -0.737. The van der Waals surface area contributed by atoms with Crippen LogP contribution in [0.4, 0.5) is 0 Å². The predicted octanol–water partition coefficient (Wildman–Crippen LogP) is 1.17. The first-order valence-corrected chi connectivity index (χ1v) is 5.77. The summed E-state index contributed by atoms with van der Waals surface area (Å²) in [5.41, 5.74) is 0. The number of nitrogens with one attached hydrogen (secondary N) is 1. The van der Waals surface area contributed by atoms with Crippen LogP contribution in [-0.2, 0) is 4.79 Å². The van der Waals surface area contributed by atoms with Crippen LogP contribution in [0.25, 0.3) is 0 Å². The van der Waals surface area contributed by atoms with Crippen LogP contribution in [0.2, 0.25) is 0 Å². The number of aliphatic carboxylic acids is 1. The summed E-state index contributed by atoms with van der Waals surface area (Å²) in [4.78, 5) is 12.8. The van der Waals surface area contributed by atoms with Gasteiger partial charge in [0.2, 0.25) is 0 Å². The van der Waals surface area contributed by atoms with E-state index in [9.17, 15) is 4.79 Å². The molecule has 0 aliphatic carbocycles. The Labute approximate surface area is 92.7 Å². The minimum absolute atomic E-state index is 0.0687. The zero-order valence-corrected chi connectivity index (χ0v) is 10.1. The fraction of sp³-hybridized carbons (Fsp3) is 0.909. The van der Waals surface area contributed by atoms with Gasteiger partial charge in [-0.3, -0.25) is 4.79 Å². The third-order valence-corrected chi connectivity index (χ3v) is 2.52. The average Bonchev–Trinajstić information content (AvgIpc) is 2.17. The minimum Gasteiger partial charge on any atom is -0.481 e. The number of rotatable bonds is 9. The van der Waals surface area contributed by atoms with Crippen molar-refractivity contribution in [2.75, 3.05) is 26.2 Å². The molecule has 1 atom stereocenters. The molecular formula is C11H24N2O2. The van der Waals surface area contributed by atoms with Crippen LogP contribution in [0.15, 0.2) is 0 Å². The van der Waals surface area contributed by atoms with Crippen molar-refractivity contribution in [3.8, 4) is 0 Å². The summed E-state index contributed by atoms with van der Waals surface area (Å²) in [6.45, 7) is 10.4. The largest absolute Gasteiger partial charge is 0.481 e. The lowest BCUT2D eigenvalue weighted by Gasteiger charge is -2.18. The third-order valence-electron chi connectivity index (χ3n) is 2.52. The number of hydrogen-bond donors (Lipinski definition) is 2. The molecule has 0 rings (SSSR count). The van der Waals surface area contributed by atoms with Crippen LogP contribution in [0.1, 0.15) is 33.6 Å². The smallest absolute Gasteiger partial charge is 0.304 e. The molecule has 0 aromatic rings. The van der Waals surface area contributed by atoms with Crippen molar-refractivity contribution in [1.82, 2.24) is 10.2 Å². The SMILES string of the molecule is CCN(CC)CCCNC(C)CC(=O)O. The van der Waals surface area contributed by atoms with Crippen LogP contribution in [0.5, 0.6) is 0 Å². The van der Waals surface area contributed by atoms with Gasteiger partial charge >= 0.3 is 5.97 Å². The van der Waals surface area contributed by atoms with Crippen molar-refractivity contribution < 1.29 is 9.90 Å². The summed E-state index contributed by atoms with van der Waals surface area (Å²) in [6.07, 6.45) is 1.27. The molecule has 0 aliphatic rings. The maximum atomic E-state index is 10.4. The highest BCUT2D eigenvalue weighted by Gasteiger charge is 2.06. The molecule has 1 unspecified atom stereocenters. The molecule has 0 radical (unpaired) electrons. The number of nitrogens with zero attached hydrogens (tertiary/aromatic N) is 1. The van der Waals surface area contributed by atoms with Gasteiger partial charge in [-0.15, -0.1) is 0 Å². The van der Waals surface area contributed by atoms with Gasteiger partial charge in [-0.1, -0.05) is 13.8 Å². The Hall–Kier alpha value is -0.610. The molecule has 0 spiro atoms. The fourth-order valence-electron chi connectivity index (χ4n) is 1.53. The molecule has 0 fully saturated rings. The van der Waals surface area contributed by atoms with E-state index in [-0.39, 0.29) is 12.5 Å². The highest BCUT2D eigenvalue weighted by Crippen LogP contribution is 1.93. The lowest BCUT2D eigenvalue weighted by atomic mass is 10.2. The van der Waals surface area contributed by atoms with E-state index < -0.39 is 5.97 Å². The maximum Gasteiger partial charge on any atom is 0.304 e. The third kappa shape index (κ3) is 8.39. The van der Waals surface area contributed by atoms with Crippen molar-refractivity contribution in [3.05, 3.63) is 0 Å². The summed E-state index contributed by atoms with van der Waals surface area (Å²) in [6, 6.07) is 0.0687. The Morgan fingerprint density at radius 1 is 1.40 bits per heavy atom. The molecule has 0 saturated heterocycles. The van der Waals surface area contributed by atoms with Crippen LogP contribution in [0, 0.1) is 0 Å². The van der Waals surface area contributed by atoms with Gasteiger partial charge < -0.3 is 15.3 Å². The van der Waals surface area contributed by atoms with Gasteiger partial charge in [-0.25, -0.2) is 0 Å². The summed E-state index contributed by atoms with van der Waals surface area (Å²) in [7, 11) is 0. The van der Waals surface area contributed by atoms with Gasteiger partial charge in [-0.05, 0) is 39.5 Å². The Morgan fingerprint density at radius 3 is 2.47 bits per heavy atom. The number of carboxylic acids is 1. The lowest BCUT2D eigenvalue weighted by Crippen LogP contribution is -2.32. The second-order valence-electron chi connectivity index (χ2n) is 3.83. The zero-order valence-electron chi connectivity index (χ0n) is 10.1. The van der Waals surface area contributed by atoms with Crippen molar-refractivity contribution in [2.24, 2.45) is 0 Å². The van der Waals surface area contributed by atoms with Crippen molar-refractivity contribution in [3.63, 3.8) is 0 Å². The molecule has 4 nitrogen and oxygen atoms in total. The maximum absolute atomic E-state index is 10.4. The van der Waals surface area contributed by atoms with E-state index in [1.165, 1.54) is 0 Å². The molecule has 2 N–H and O–H groups in total. The Bertz CT molecular complexity index is 170. The van der Waals surface area contributed by atoms with Crippen LogP contribution in [0.3, 0.4) is 0 Å². The van der Waals surface area contributed by atoms with Crippen LogP contribution < -0.4 is 5.32 Å². The second-order valence-corrected chi connectivity index (χ2v) is 3.83. The van der Waals surface area contributed by atoms with Crippen molar-refractivity contribution in [2.45, 2.75) is 39.7 Å². The quantitative estimate of drug-likeness (QED) is 0.568. The summed E-state index contributed by atoms with van der Waals surface area (Å²) >= 11 is 0. The Morgan fingerprint density at radius 2 is 2.00 bits per heavy atom. The van der Waals surface area contributed by atoms with Crippen LogP contribution >= 0.6 is 0 Å². The molecule has 0 aromatic carbocycles. The molecule has 90 valence electrons. The fourth-order valence-corrected chi connectivity index (χ4v) is 1.53. The normalized spacial score (nSPS) is 13.1. The molecule has 4 heteroatoms. The summed E-state index contributed by atoms with van der Waals surface area (Å²) < 4.78 is 0. The highest BCUT2D eigenvalue weighted by molar-refractivity contribution is 5.67. The van der Waals surface area contributed by atoms with Gasteiger partial charge in [0.1, 0.15) is 0 Å². The molecular weight excluding hydrogens is 192 g/mol. The first-order valence-electron chi connectivity index (χ1n) is 5.77. The topological polar surface area (TPSA) is 52.6 Å². The van der Waals surface area contributed by atoms with Gasteiger partial charge in [0.25, 0.3) is 0 Å². The Kier molecular flexibility index (Phi) is 8.33. The predicted molar refractivity (Wildman–Crippen MR) is 62.1 cm³/mol. The Balaban J connectivity index is 3.40. The monoisotopic (exact) mass is 216 g/mol. The molecule has 0 aliphatic heterocycles. The number of carboxylic acid groups (broad SMARTS) is 1. The summed E-state index contributed by atoms with van der Waals surface area (Å²) in [5, 5.41) is 11.8. The van der Waals surface area contributed by atoms with E-state index in [4.69, 9.17) is 5.11 Å². The molecule has 0 bridgehead atoms. The standard InChI is InChI=1S/C11H24N2O2/c1-4-13(5-2)8-6-7-12-10(3)9-11(14)15/h10,12H,4-9H2,1-3H3,(H,14,15). The van der Waals surface area contributed by atoms with E-state index in [0.29, 0.717) is 0 Å². The first-order chi connectivity index (χ1) is 7.10. The van der Waals surface area contributed by atoms with Gasteiger partial charge in [0.15, 0.2) is 0 Å². The van der Waals surface area contributed by atoms with Gasteiger partial charge in [-0.2, -0.15) is 0 Å². The first kappa shape index (κ1) is 14.4. The van der Waals surface area contributed by atoms with E-state index in [1.54, 1.807) is 0 Å². The molecule has 0 heterocycles. The number of hydrogen-bond acceptors (Lipinski definition) is 3. The van der Waals surface area contributed by atoms with Gasteiger partial charge in [0, 0.05) is 6.04 Å². The van der Waals surface area contributed by atoms with Crippen molar-refractivity contribution in [1.29, 1.82) is 0 Å². The molecule has 0 amide bonds.